The van der Waals surface area contributed by atoms with E-state index in [9.17, 15) is 5.11 Å². The number of aliphatic hydroxyl groups excluding tert-OH is 1. The van der Waals surface area contributed by atoms with Crippen molar-refractivity contribution in [1.82, 2.24) is 4.98 Å². The second kappa shape index (κ2) is 4.09. The highest BCUT2D eigenvalue weighted by molar-refractivity contribution is 5.15. The van der Waals surface area contributed by atoms with Gasteiger partial charge in [-0.2, -0.15) is 0 Å². The Bertz CT molecular complexity index is 290. The van der Waals surface area contributed by atoms with Crippen LogP contribution in [0.15, 0.2) is 18.3 Å². The topological polar surface area (TPSA) is 33.1 Å². The Labute approximate surface area is 85.0 Å². The maximum absolute atomic E-state index is 9.85. The van der Waals surface area contributed by atoms with Crippen LogP contribution in [0.5, 0.6) is 0 Å². The minimum atomic E-state index is -0.316. The third-order valence-corrected chi connectivity index (χ3v) is 2.86. The second-order valence-corrected chi connectivity index (χ2v) is 4.27. The summed E-state index contributed by atoms with van der Waals surface area (Å²) in [5.74, 6) is 0.892. The van der Waals surface area contributed by atoms with Gasteiger partial charge in [0.25, 0.3) is 0 Å². The number of pyridine rings is 1. The lowest BCUT2D eigenvalue weighted by molar-refractivity contribution is 0.162. The molecule has 76 valence electrons. The van der Waals surface area contributed by atoms with Crippen molar-refractivity contribution in [2.45, 2.75) is 38.7 Å². The number of aliphatic hydroxyl groups is 1. The van der Waals surface area contributed by atoms with Crippen molar-refractivity contribution >= 4 is 0 Å². The Morgan fingerprint density at radius 2 is 2.29 bits per heavy atom. The summed E-state index contributed by atoms with van der Waals surface area (Å²) in [6.07, 6.45) is 6.23. The predicted molar refractivity (Wildman–Crippen MR) is 55.9 cm³/mol. The van der Waals surface area contributed by atoms with Gasteiger partial charge >= 0.3 is 0 Å². The van der Waals surface area contributed by atoms with E-state index in [1.807, 2.05) is 19.1 Å². The largest absolute Gasteiger partial charge is 0.388 e. The molecule has 1 heterocycles. The first kappa shape index (κ1) is 9.66. The third kappa shape index (κ3) is 2.55. The molecule has 2 nitrogen and oxygen atoms in total. The fraction of sp³-hybridized carbons (Fsp3) is 0.583. The summed E-state index contributed by atoms with van der Waals surface area (Å²) in [6.45, 7) is 1.96. The van der Waals surface area contributed by atoms with E-state index in [-0.39, 0.29) is 6.10 Å². The monoisotopic (exact) mass is 191 g/mol. The van der Waals surface area contributed by atoms with Gasteiger partial charge in [-0.1, -0.05) is 18.9 Å². The number of hydrogen-bond donors (Lipinski definition) is 1. The van der Waals surface area contributed by atoms with Crippen LogP contribution < -0.4 is 0 Å². The van der Waals surface area contributed by atoms with Crippen LogP contribution in [0.3, 0.4) is 0 Å². The lowest BCUT2D eigenvalue weighted by Gasteiger charge is -2.09. The average molecular weight is 191 g/mol. The molecule has 2 heteroatoms. The van der Waals surface area contributed by atoms with E-state index in [1.165, 1.54) is 12.8 Å². The number of rotatable bonds is 4. The van der Waals surface area contributed by atoms with Crippen molar-refractivity contribution in [1.29, 1.82) is 0 Å². The van der Waals surface area contributed by atoms with Crippen molar-refractivity contribution < 1.29 is 5.11 Å². The number of hydrogen-bond acceptors (Lipinski definition) is 2. The Balaban J connectivity index is 1.88. The minimum Gasteiger partial charge on any atom is -0.388 e. The van der Waals surface area contributed by atoms with Crippen molar-refractivity contribution in [3.8, 4) is 0 Å². The molecule has 0 aliphatic heterocycles. The number of nitrogens with zero attached hydrogens (tertiary/aromatic N) is 1. The van der Waals surface area contributed by atoms with Gasteiger partial charge in [0.1, 0.15) is 0 Å². The van der Waals surface area contributed by atoms with Crippen LogP contribution >= 0.6 is 0 Å². The van der Waals surface area contributed by atoms with Gasteiger partial charge in [0.05, 0.1) is 6.10 Å². The molecule has 1 N–H and O–H groups in total. The second-order valence-electron chi connectivity index (χ2n) is 4.27. The summed E-state index contributed by atoms with van der Waals surface area (Å²) in [7, 11) is 0. The molecule has 2 rings (SSSR count). The molecule has 1 aliphatic carbocycles. The molecule has 14 heavy (non-hydrogen) atoms. The first-order chi connectivity index (χ1) is 6.75. The molecular formula is C12H17NO. The fourth-order valence-electron chi connectivity index (χ4n) is 1.64. The molecular weight excluding hydrogens is 174 g/mol. The van der Waals surface area contributed by atoms with Crippen molar-refractivity contribution in [2.24, 2.45) is 5.92 Å². The lowest BCUT2D eigenvalue weighted by atomic mass is 10.0. The molecule has 0 amide bonds. The van der Waals surface area contributed by atoms with Gasteiger partial charge in [-0.15, -0.1) is 0 Å². The SMILES string of the molecule is Cc1ccc(C(O)CCC2CC2)cn1. The molecule has 1 atom stereocenters. The van der Waals surface area contributed by atoms with Gasteiger partial charge in [-0.25, -0.2) is 0 Å². The van der Waals surface area contributed by atoms with E-state index >= 15 is 0 Å². The summed E-state index contributed by atoms with van der Waals surface area (Å²) in [6, 6.07) is 3.93. The van der Waals surface area contributed by atoms with Crippen LogP contribution in [0.1, 0.15) is 43.0 Å². The van der Waals surface area contributed by atoms with Crippen LogP contribution in [0.4, 0.5) is 0 Å². The minimum absolute atomic E-state index is 0.316. The quantitative estimate of drug-likeness (QED) is 0.793. The highest BCUT2D eigenvalue weighted by Crippen LogP contribution is 2.35. The van der Waals surface area contributed by atoms with Gasteiger partial charge in [0, 0.05) is 11.9 Å². The predicted octanol–water partition coefficient (Wildman–Crippen LogP) is 2.61. The Hall–Kier alpha value is -0.890. The van der Waals surface area contributed by atoms with Crippen molar-refractivity contribution in [3.63, 3.8) is 0 Å². The maximum Gasteiger partial charge on any atom is 0.0805 e. The van der Waals surface area contributed by atoms with Crippen LogP contribution in [0, 0.1) is 12.8 Å². The smallest absolute Gasteiger partial charge is 0.0805 e. The summed E-state index contributed by atoms with van der Waals surface area (Å²) in [5.41, 5.74) is 1.96. The van der Waals surface area contributed by atoms with E-state index in [0.29, 0.717) is 0 Å². The molecule has 1 aliphatic rings. The van der Waals surface area contributed by atoms with E-state index in [0.717, 1.165) is 30.0 Å². The molecule has 0 aromatic carbocycles. The lowest BCUT2D eigenvalue weighted by Crippen LogP contribution is -1.98. The van der Waals surface area contributed by atoms with Gasteiger partial charge < -0.3 is 5.11 Å². The van der Waals surface area contributed by atoms with E-state index in [2.05, 4.69) is 4.98 Å². The zero-order valence-corrected chi connectivity index (χ0v) is 8.61. The molecule has 0 saturated heterocycles. The van der Waals surface area contributed by atoms with Crippen LogP contribution in [-0.4, -0.2) is 10.1 Å². The summed E-state index contributed by atoms with van der Waals surface area (Å²) in [4.78, 5) is 4.18. The zero-order valence-electron chi connectivity index (χ0n) is 8.61. The molecule has 0 spiro atoms. The number of aromatic nitrogens is 1. The van der Waals surface area contributed by atoms with Gasteiger partial charge in [0.15, 0.2) is 0 Å². The molecule has 1 saturated carbocycles. The maximum atomic E-state index is 9.85. The molecule has 1 aromatic heterocycles. The van der Waals surface area contributed by atoms with Crippen LogP contribution in [0.25, 0.3) is 0 Å². The van der Waals surface area contributed by atoms with Crippen LogP contribution in [0.2, 0.25) is 0 Å². The van der Waals surface area contributed by atoms with E-state index in [1.54, 1.807) is 6.20 Å². The van der Waals surface area contributed by atoms with Crippen molar-refractivity contribution in [2.75, 3.05) is 0 Å². The Kier molecular flexibility index (Phi) is 2.82. The van der Waals surface area contributed by atoms with E-state index < -0.39 is 0 Å². The van der Waals surface area contributed by atoms with Crippen LogP contribution in [-0.2, 0) is 0 Å². The first-order valence-electron chi connectivity index (χ1n) is 5.36. The Morgan fingerprint density at radius 1 is 1.50 bits per heavy atom. The molecule has 1 fully saturated rings. The normalized spacial score (nSPS) is 18.1. The van der Waals surface area contributed by atoms with E-state index in [4.69, 9.17) is 0 Å². The molecule has 1 unspecified atom stereocenters. The number of aryl methyl sites for hydroxylation is 1. The van der Waals surface area contributed by atoms with Crippen molar-refractivity contribution in [3.05, 3.63) is 29.6 Å². The summed E-state index contributed by atoms with van der Waals surface area (Å²) < 4.78 is 0. The van der Waals surface area contributed by atoms with Gasteiger partial charge in [-0.3, -0.25) is 4.98 Å². The molecule has 0 bridgehead atoms. The fourth-order valence-corrected chi connectivity index (χ4v) is 1.64. The first-order valence-corrected chi connectivity index (χ1v) is 5.36. The molecule has 0 radical (unpaired) electrons. The Morgan fingerprint density at radius 3 is 2.86 bits per heavy atom. The zero-order chi connectivity index (χ0) is 9.97. The summed E-state index contributed by atoms with van der Waals surface area (Å²) >= 11 is 0. The third-order valence-electron chi connectivity index (χ3n) is 2.86. The van der Waals surface area contributed by atoms with Gasteiger partial charge in [0.2, 0.25) is 0 Å². The highest BCUT2D eigenvalue weighted by Gasteiger charge is 2.22. The standard InChI is InChI=1S/C12H17NO/c1-9-2-6-11(8-13-9)12(14)7-5-10-3-4-10/h2,6,8,10,12,14H,3-5,7H2,1H3. The van der Waals surface area contributed by atoms with Gasteiger partial charge in [-0.05, 0) is 37.3 Å². The highest BCUT2D eigenvalue weighted by atomic mass is 16.3. The average Bonchev–Trinajstić information content (AvgIpc) is 2.99. The summed E-state index contributed by atoms with van der Waals surface area (Å²) in [5, 5.41) is 9.85. The molecule has 1 aromatic rings.